The van der Waals surface area contributed by atoms with Crippen LogP contribution in [0.2, 0.25) is 0 Å². The lowest BCUT2D eigenvalue weighted by molar-refractivity contribution is -0.120. The molecule has 5 heteroatoms. The van der Waals surface area contributed by atoms with Gasteiger partial charge in [0.25, 0.3) is 0 Å². The van der Waals surface area contributed by atoms with Gasteiger partial charge < -0.3 is 20.5 Å². The van der Waals surface area contributed by atoms with Crippen molar-refractivity contribution in [3.8, 4) is 0 Å². The number of carbonyl (C=O) groups excluding carboxylic acids is 1. The first kappa shape index (κ1) is 14.4. The Morgan fingerprint density at radius 2 is 2.24 bits per heavy atom. The van der Waals surface area contributed by atoms with E-state index in [9.17, 15) is 4.79 Å². The highest BCUT2D eigenvalue weighted by molar-refractivity contribution is 5.79. The topological polar surface area (TPSA) is 73.6 Å². The van der Waals surface area contributed by atoms with Crippen molar-refractivity contribution >= 4 is 5.91 Å². The summed E-state index contributed by atoms with van der Waals surface area (Å²) in [5, 5.41) is 3.13. The molecule has 1 aliphatic rings. The molecule has 0 radical (unpaired) electrons. The van der Waals surface area contributed by atoms with E-state index in [0.717, 1.165) is 39.0 Å². The van der Waals surface area contributed by atoms with E-state index in [4.69, 9.17) is 15.2 Å². The van der Waals surface area contributed by atoms with Crippen molar-refractivity contribution in [1.82, 2.24) is 5.32 Å². The summed E-state index contributed by atoms with van der Waals surface area (Å²) in [5.41, 5.74) is 5.32. The molecule has 1 amide bonds. The van der Waals surface area contributed by atoms with Crippen LogP contribution in [0.4, 0.5) is 0 Å². The minimum absolute atomic E-state index is 0.269. The van der Waals surface area contributed by atoms with E-state index in [1.807, 2.05) is 0 Å². The van der Waals surface area contributed by atoms with Crippen molar-refractivity contribution in [2.75, 3.05) is 26.4 Å². The molecule has 0 aromatic carbocycles. The minimum Gasteiger partial charge on any atom is -0.381 e. The molecule has 1 fully saturated rings. The second kappa shape index (κ2) is 8.44. The van der Waals surface area contributed by atoms with Crippen molar-refractivity contribution in [2.45, 2.75) is 44.8 Å². The van der Waals surface area contributed by atoms with Gasteiger partial charge in [0.1, 0.15) is 0 Å². The summed E-state index contributed by atoms with van der Waals surface area (Å²) in [7, 11) is 0. The van der Waals surface area contributed by atoms with Crippen LogP contribution in [-0.4, -0.2) is 44.4 Å². The highest BCUT2D eigenvalue weighted by atomic mass is 16.5. The summed E-state index contributed by atoms with van der Waals surface area (Å²) >= 11 is 0. The van der Waals surface area contributed by atoms with E-state index in [1.165, 1.54) is 0 Å². The zero-order chi connectivity index (χ0) is 12.5. The lowest BCUT2D eigenvalue weighted by Crippen LogP contribution is -2.42. The second-order valence-corrected chi connectivity index (χ2v) is 4.38. The standard InChI is InChI=1S/C12H24N2O3/c1-2-6-14-11(12(13)15)5-9-17-10-3-7-16-8-4-10/h10-11,14H,2-9H2,1H3,(H2,13,15). The molecule has 0 aromatic rings. The molecule has 1 heterocycles. The lowest BCUT2D eigenvalue weighted by atomic mass is 10.1. The fourth-order valence-corrected chi connectivity index (χ4v) is 1.86. The lowest BCUT2D eigenvalue weighted by Gasteiger charge is -2.23. The average Bonchev–Trinajstić information content (AvgIpc) is 2.34. The highest BCUT2D eigenvalue weighted by Crippen LogP contribution is 2.11. The van der Waals surface area contributed by atoms with Gasteiger partial charge in [-0.25, -0.2) is 0 Å². The number of carbonyl (C=O) groups is 1. The third kappa shape index (κ3) is 6.00. The van der Waals surface area contributed by atoms with Crippen LogP contribution in [0.15, 0.2) is 0 Å². The number of hydrogen-bond acceptors (Lipinski definition) is 4. The van der Waals surface area contributed by atoms with Crippen LogP contribution < -0.4 is 11.1 Å². The Hall–Kier alpha value is -0.650. The summed E-state index contributed by atoms with van der Waals surface area (Å²) in [4.78, 5) is 11.2. The fraction of sp³-hybridized carbons (Fsp3) is 0.917. The predicted molar refractivity (Wildman–Crippen MR) is 65.7 cm³/mol. The van der Waals surface area contributed by atoms with Gasteiger partial charge in [0.05, 0.1) is 12.1 Å². The van der Waals surface area contributed by atoms with E-state index in [0.29, 0.717) is 13.0 Å². The Morgan fingerprint density at radius 1 is 1.53 bits per heavy atom. The summed E-state index contributed by atoms with van der Waals surface area (Å²) in [6, 6.07) is -0.269. The van der Waals surface area contributed by atoms with Gasteiger partial charge in [-0.15, -0.1) is 0 Å². The molecular formula is C12H24N2O3. The monoisotopic (exact) mass is 244 g/mol. The number of hydrogen-bond donors (Lipinski definition) is 2. The van der Waals surface area contributed by atoms with Crippen molar-refractivity contribution < 1.29 is 14.3 Å². The summed E-state index contributed by atoms with van der Waals surface area (Å²) in [6.45, 7) is 5.00. The molecule has 1 rings (SSSR count). The smallest absolute Gasteiger partial charge is 0.234 e. The van der Waals surface area contributed by atoms with Gasteiger partial charge in [-0.1, -0.05) is 6.92 Å². The van der Waals surface area contributed by atoms with Gasteiger partial charge in [0.15, 0.2) is 0 Å². The summed E-state index contributed by atoms with van der Waals surface area (Å²) < 4.78 is 11.0. The van der Waals surface area contributed by atoms with Crippen LogP contribution >= 0.6 is 0 Å². The molecule has 0 bridgehead atoms. The van der Waals surface area contributed by atoms with Gasteiger partial charge in [0.2, 0.25) is 5.91 Å². The van der Waals surface area contributed by atoms with E-state index in [1.54, 1.807) is 0 Å². The Balaban J connectivity index is 2.14. The van der Waals surface area contributed by atoms with Crippen LogP contribution in [0, 0.1) is 0 Å². The number of rotatable bonds is 8. The molecule has 1 aliphatic heterocycles. The Kier molecular flexibility index (Phi) is 7.16. The maximum Gasteiger partial charge on any atom is 0.234 e. The zero-order valence-electron chi connectivity index (χ0n) is 10.6. The number of nitrogens with one attached hydrogen (secondary N) is 1. The van der Waals surface area contributed by atoms with Gasteiger partial charge in [0, 0.05) is 19.8 Å². The third-order valence-corrected chi connectivity index (χ3v) is 2.91. The molecule has 5 nitrogen and oxygen atoms in total. The summed E-state index contributed by atoms with van der Waals surface area (Å²) in [6.07, 6.45) is 3.81. The molecule has 0 aromatic heterocycles. The number of nitrogens with two attached hydrogens (primary N) is 1. The summed E-state index contributed by atoms with van der Waals surface area (Å²) in [5.74, 6) is -0.297. The van der Waals surface area contributed by atoms with Gasteiger partial charge in [-0.2, -0.15) is 0 Å². The van der Waals surface area contributed by atoms with Gasteiger partial charge in [-0.05, 0) is 32.2 Å². The Bertz CT molecular complexity index is 218. The van der Waals surface area contributed by atoms with Gasteiger partial charge in [-0.3, -0.25) is 4.79 Å². The maximum atomic E-state index is 11.2. The van der Waals surface area contributed by atoms with Crippen molar-refractivity contribution in [3.63, 3.8) is 0 Å². The van der Waals surface area contributed by atoms with Crippen LogP contribution in [0.3, 0.4) is 0 Å². The first-order valence-corrected chi connectivity index (χ1v) is 6.46. The molecular weight excluding hydrogens is 220 g/mol. The van der Waals surface area contributed by atoms with E-state index in [2.05, 4.69) is 12.2 Å². The molecule has 1 saturated heterocycles. The second-order valence-electron chi connectivity index (χ2n) is 4.38. The molecule has 0 spiro atoms. The Labute approximate surface area is 103 Å². The first-order chi connectivity index (χ1) is 8.24. The molecule has 3 N–H and O–H groups in total. The fourth-order valence-electron chi connectivity index (χ4n) is 1.86. The van der Waals surface area contributed by atoms with Crippen LogP contribution in [0.5, 0.6) is 0 Å². The quantitative estimate of drug-likeness (QED) is 0.649. The van der Waals surface area contributed by atoms with Crippen molar-refractivity contribution in [2.24, 2.45) is 5.73 Å². The molecule has 17 heavy (non-hydrogen) atoms. The molecule has 0 aliphatic carbocycles. The van der Waals surface area contributed by atoms with E-state index < -0.39 is 0 Å². The molecule has 1 atom stereocenters. The van der Waals surface area contributed by atoms with Crippen molar-refractivity contribution in [3.05, 3.63) is 0 Å². The zero-order valence-corrected chi connectivity index (χ0v) is 10.6. The Morgan fingerprint density at radius 3 is 2.82 bits per heavy atom. The molecule has 1 unspecified atom stereocenters. The van der Waals surface area contributed by atoms with E-state index in [-0.39, 0.29) is 18.1 Å². The van der Waals surface area contributed by atoms with Crippen molar-refractivity contribution in [1.29, 1.82) is 0 Å². The third-order valence-electron chi connectivity index (χ3n) is 2.91. The van der Waals surface area contributed by atoms with Crippen LogP contribution in [0.1, 0.15) is 32.6 Å². The van der Waals surface area contributed by atoms with E-state index >= 15 is 0 Å². The first-order valence-electron chi connectivity index (χ1n) is 6.46. The number of ether oxygens (including phenoxy) is 2. The molecule has 100 valence electrons. The largest absolute Gasteiger partial charge is 0.381 e. The number of primary amides is 1. The number of amides is 1. The predicted octanol–water partition coefficient (Wildman–Crippen LogP) is 0.426. The normalized spacial score (nSPS) is 19.1. The average molecular weight is 244 g/mol. The maximum absolute atomic E-state index is 11.2. The van der Waals surface area contributed by atoms with Crippen LogP contribution in [-0.2, 0) is 14.3 Å². The minimum atomic E-state index is -0.297. The highest BCUT2D eigenvalue weighted by Gasteiger charge is 2.17. The molecule has 0 saturated carbocycles. The van der Waals surface area contributed by atoms with Gasteiger partial charge >= 0.3 is 0 Å². The van der Waals surface area contributed by atoms with Crippen LogP contribution in [0.25, 0.3) is 0 Å². The SMILES string of the molecule is CCCNC(CCOC1CCOCC1)C(N)=O.